The Labute approximate surface area is 165 Å². The Kier molecular flexibility index (Phi) is 6.63. The van der Waals surface area contributed by atoms with Gasteiger partial charge < -0.3 is 15.0 Å². The first-order chi connectivity index (χ1) is 14.0. The molecule has 0 radical (unpaired) electrons. The largest absolute Gasteiger partial charge is 0.383 e. The summed E-state index contributed by atoms with van der Waals surface area (Å²) in [6, 6.07) is 10.1. The zero-order valence-electron chi connectivity index (χ0n) is 15.7. The van der Waals surface area contributed by atoms with Crippen LogP contribution in [0.15, 0.2) is 47.3 Å². The number of aromatic nitrogens is 2. The Morgan fingerprint density at radius 3 is 2.76 bits per heavy atom. The quantitative estimate of drug-likeness (QED) is 0.604. The van der Waals surface area contributed by atoms with Gasteiger partial charge in [-0.3, -0.25) is 14.5 Å². The number of methoxy groups -OCH3 is 1. The van der Waals surface area contributed by atoms with E-state index in [2.05, 4.69) is 15.3 Å². The Morgan fingerprint density at radius 1 is 1.21 bits per heavy atom. The van der Waals surface area contributed by atoms with E-state index in [-0.39, 0.29) is 24.3 Å². The number of hydrogen-bond acceptors (Lipinski definition) is 5. The molecule has 0 aliphatic carbocycles. The van der Waals surface area contributed by atoms with Gasteiger partial charge in [0.25, 0.3) is 5.56 Å². The number of aromatic amines is 1. The van der Waals surface area contributed by atoms with Gasteiger partial charge in [-0.15, -0.1) is 0 Å². The topological polar surface area (TPSA) is 87.3 Å². The van der Waals surface area contributed by atoms with Crippen LogP contribution in [0, 0.1) is 11.6 Å². The second kappa shape index (κ2) is 9.35. The predicted molar refractivity (Wildman–Crippen MR) is 105 cm³/mol. The van der Waals surface area contributed by atoms with Gasteiger partial charge in [-0.05, 0) is 24.3 Å². The number of amides is 1. The van der Waals surface area contributed by atoms with E-state index in [4.69, 9.17) is 4.74 Å². The molecule has 0 saturated carbocycles. The van der Waals surface area contributed by atoms with Crippen LogP contribution in [0.25, 0.3) is 10.9 Å². The molecule has 2 aromatic carbocycles. The fourth-order valence-electron chi connectivity index (χ4n) is 2.83. The summed E-state index contributed by atoms with van der Waals surface area (Å²) in [4.78, 5) is 33.5. The first kappa shape index (κ1) is 20.6. The molecule has 0 aliphatic rings. The minimum Gasteiger partial charge on any atom is -0.383 e. The highest BCUT2D eigenvalue weighted by Gasteiger charge is 2.14. The molecule has 29 heavy (non-hydrogen) atoms. The molecule has 1 heterocycles. The van der Waals surface area contributed by atoms with Crippen LogP contribution in [0.1, 0.15) is 5.82 Å². The molecule has 0 unspecified atom stereocenters. The average Bonchev–Trinajstić information content (AvgIpc) is 2.69. The molecule has 2 N–H and O–H groups in total. The smallest absolute Gasteiger partial charge is 0.258 e. The number of fused-ring (bicyclic) bond motifs is 1. The van der Waals surface area contributed by atoms with E-state index in [9.17, 15) is 18.4 Å². The summed E-state index contributed by atoms with van der Waals surface area (Å²) >= 11 is 0. The summed E-state index contributed by atoms with van der Waals surface area (Å²) in [5.41, 5.74) is 0.450. The molecule has 1 aromatic heterocycles. The maximum Gasteiger partial charge on any atom is 0.258 e. The van der Waals surface area contributed by atoms with E-state index in [1.807, 2.05) is 0 Å². The number of H-pyrrole nitrogens is 1. The lowest BCUT2D eigenvalue weighted by Gasteiger charge is -2.21. The lowest BCUT2D eigenvalue weighted by atomic mass is 10.2. The summed E-state index contributed by atoms with van der Waals surface area (Å²) in [7, 11) is 1.54. The number of carbonyl (C=O) groups is 1. The predicted octanol–water partition coefficient (Wildman–Crippen LogP) is 2.29. The zero-order valence-corrected chi connectivity index (χ0v) is 15.7. The summed E-state index contributed by atoms with van der Waals surface area (Å²) in [6.07, 6.45) is 0. The van der Waals surface area contributed by atoms with E-state index in [0.717, 1.165) is 12.1 Å². The number of para-hydroxylation sites is 1. The Hall–Kier alpha value is -3.17. The lowest BCUT2D eigenvalue weighted by molar-refractivity contribution is -0.117. The summed E-state index contributed by atoms with van der Waals surface area (Å²) in [5.74, 6) is -2.05. The number of carbonyl (C=O) groups excluding carboxylic acids is 1. The van der Waals surface area contributed by atoms with Crippen molar-refractivity contribution in [3.63, 3.8) is 0 Å². The number of rotatable bonds is 8. The number of nitrogens with zero attached hydrogens (tertiary/aromatic N) is 2. The van der Waals surface area contributed by atoms with E-state index < -0.39 is 17.5 Å². The van der Waals surface area contributed by atoms with Gasteiger partial charge in [0.15, 0.2) is 11.6 Å². The third-order valence-electron chi connectivity index (χ3n) is 4.22. The van der Waals surface area contributed by atoms with Gasteiger partial charge in [0.2, 0.25) is 5.91 Å². The van der Waals surface area contributed by atoms with Crippen LogP contribution >= 0.6 is 0 Å². The molecule has 9 heteroatoms. The van der Waals surface area contributed by atoms with Crippen LogP contribution in [-0.2, 0) is 16.1 Å². The maximum absolute atomic E-state index is 13.3. The first-order valence-electron chi connectivity index (χ1n) is 8.90. The highest BCUT2D eigenvalue weighted by atomic mass is 19.2. The van der Waals surface area contributed by atoms with E-state index in [1.54, 1.807) is 29.2 Å². The van der Waals surface area contributed by atoms with Gasteiger partial charge >= 0.3 is 0 Å². The highest BCUT2D eigenvalue weighted by molar-refractivity contribution is 5.92. The second-order valence-electron chi connectivity index (χ2n) is 6.41. The normalized spacial score (nSPS) is 11.2. The maximum atomic E-state index is 13.3. The molecule has 0 saturated heterocycles. The number of hydrogen-bond donors (Lipinski definition) is 2. The van der Waals surface area contributed by atoms with Crippen molar-refractivity contribution < 1.29 is 18.3 Å². The summed E-state index contributed by atoms with van der Waals surface area (Å²) < 4.78 is 31.4. The van der Waals surface area contributed by atoms with Gasteiger partial charge in [-0.25, -0.2) is 13.8 Å². The molecule has 0 aliphatic heterocycles. The summed E-state index contributed by atoms with van der Waals surface area (Å²) in [6.45, 7) is 0.905. The molecule has 152 valence electrons. The molecular formula is C20H20F2N4O3. The standard InChI is InChI=1S/C20H20F2N4O3/c1-29-9-8-26(12-19(27)23-13-6-7-15(21)16(22)10-13)11-18-24-17-5-3-2-4-14(17)20(28)25-18/h2-7,10H,8-9,11-12H2,1H3,(H,23,27)(H,24,25,28). The number of anilines is 1. The lowest BCUT2D eigenvalue weighted by Crippen LogP contribution is -2.36. The van der Waals surface area contributed by atoms with Crippen LogP contribution in [0.3, 0.4) is 0 Å². The van der Waals surface area contributed by atoms with Crippen LogP contribution in [0.4, 0.5) is 14.5 Å². The fourth-order valence-corrected chi connectivity index (χ4v) is 2.83. The molecule has 3 rings (SSSR count). The molecule has 1 amide bonds. The van der Waals surface area contributed by atoms with E-state index in [0.29, 0.717) is 29.9 Å². The van der Waals surface area contributed by atoms with Crippen molar-refractivity contribution in [2.24, 2.45) is 0 Å². The number of halogens is 2. The van der Waals surface area contributed by atoms with Gasteiger partial charge in [0.1, 0.15) is 5.82 Å². The van der Waals surface area contributed by atoms with Crippen molar-refractivity contribution in [2.75, 3.05) is 32.1 Å². The number of nitrogens with one attached hydrogen (secondary N) is 2. The Bertz CT molecular complexity index is 1070. The average molecular weight is 402 g/mol. The van der Waals surface area contributed by atoms with Crippen molar-refractivity contribution >= 4 is 22.5 Å². The Balaban J connectivity index is 1.73. The van der Waals surface area contributed by atoms with Crippen LogP contribution in [0.2, 0.25) is 0 Å². The van der Waals surface area contributed by atoms with E-state index >= 15 is 0 Å². The third kappa shape index (κ3) is 5.43. The van der Waals surface area contributed by atoms with Gasteiger partial charge in [0, 0.05) is 25.4 Å². The molecule has 0 fully saturated rings. The van der Waals surface area contributed by atoms with Gasteiger partial charge in [0.05, 0.1) is 30.6 Å². The minimum atomic E-state index is -1.04. The molecule has 0 atom stereocenters. The van der Waals surface area contributed by atoms with Gasteiger partial charge in [-0.2, -0.15) is 0 Å². The first-order valence-corrected chi connectivity index (χ1v) is 8.90. The molecule has 3 aromatic rings. The summed E-state index contributed by atoms with van der Waals surface area (Å²) in [5, 5.41) is 3.01. The number of benzene rings is 2. The SMILES string of the molecule is COCCN(CC(=O)Nc1ccc(F)c(F)c1)Cc1nc2ccccc2c(=O)[nH]1. The van der Waals surface area contributed by atoms with E-state index in [1.165, 1.54) is 13.2 Å². The minimum absolute atomic E-state index is 0.0567. The molecule has 0 bridgehead atoms. The second-order valence-corrected chi connectivity index (χ2v) is 6.41. The Morgan fingerprint density at radius 2 is 2.00 bits per heavy atom. The van der Waals surface area contributed by atoms with Crippen molar-refractivity contribution in [1.29, 1.82) is 0 Å². The molecule has 0 spiro atoms. The van der Waals surface area contributed by atoms with Crippen LogP contribution in [0.5, 0.6) is 0 Å². The van der Waals surface area contributed by atoms with Crippen LogP contribution < -0.4 is 10.9 Å². The third-order valence-corrected chi connectivity index (χ3v) is 4.22. The number of ether oxygens (including phenoxy) is 1. The monoisotopic (exact) mass is 402 g/mol. The van der Waals surface area contributed by atoms with Crippen LogP contribution in [-0.4, -0.2) is 47.6 Å². The molecular weight excluding hydrogens is 382 g/mol. The fraction of sp³-hybridized carbons (Fsp3) is 0.250. The molecule has 7 nitrogen and oxygen atoms in total. The van der Waals surface area contributed by atoms with Crippen molar-refractivity contribution in [3.05, 3.63) is 70.3 Å². The van der Waals surface area contributed by atoms with Gasteiger partial charge in [-0.1, -0.05) is 12.1 Å². The van der Waals surface area contributed by atoms with Crippen molar-refractivity contribution in [2.45, 2.75) is 6.54 Å². The van der Waals surface area contributed by atoms with Crippen molar-refractivity contribution in [3.8, 4) is 0 Å². The van der Waals surface area contributed by atoms with Crippen molar-refractivity contribution in [1.82, 2.24) is 14.9 Å². The zero-order chi connectivity index (χ0) is 20.8. The highest BCUT2D eigenvalue weighted by Crippen LogP contribution is 2.13.